The van der Waals surface area contributed by atoms with Gasteiger partial charge >= 0.3 is 0 Å². The molecule has 7 heteroatoms. The number of methoxy groups -OCH3 is 3. The number of ether oxygens (including phenoxy) is 3. The van der Waals surface area contributed by atoms with Gasteiger partial charge in [-0.3, -0.25) is 0 Å². The normalized spacial score (nSPS) is 10.8. The molecule has 0 saturated carbocycles. The molecule has 0 bridgehead atoms. The van der Waals surface area contributed by atoms with Crippen LogP contribution in [0, 0.1) is 0 Å². The van der Waals surface area contributed by atoms with Crippen molar-refractivity contribution in [2.24, 2.45) is 0 Å². The van der Waals surface area contributed by atoms with Crippen molar-refractivity contribution in [3.05, 3.63) is 36.5 Å². The number of imidazole rings is 1. The second-order valence-electron chi connectivity index (χ2n) is 5.12. The Labute approximate surface area is 140 Å². The molecule has 7 nitrogen and oxygen atoms in total. The number of anilines is 1. The van der Waals surface area contributed by atoms with E-state index in [-0.39, 0.29) is 0 Å². The third-order valence-electron chi connectivity index (χ3n) is 3.65. The van der Waals surface area contributed by atoms with Gasteiger partial charge in [0.1, 0.15) is 5.82 Å². The molecule has 0 aliphatic carbocycles. The van der Waals surface area contributed by atoms with Gasteiger partial charge < -0.3 is 19.5 Å². The van der Waals surface area contributed by atoms with Gasteiger partial charge in [-0.05, 0) is 30.3 Å². The predicted molar refractivity (Wildman–Crippen MR) is 91.9 cm³/mol. The summed E-state index contributed by atoms with van der Waals surface area (Å²) in [5.74, 6) is 2.11. The van der Waals surface area contributed by atoms with E-state index in [9.17, 15) is 0 Å². The third-order valence-corrected chi connectivity index (χ3v) is 3.65. The fraction of sp³-hybridized carbons (Fsp3) is 0.294. The van der Waals surface area contributed by atoms with Crippen molar-refractivity contribution < 1.29 is 14.2 Å². The SMILES string of the molecule is COCCNc1ccc2ncc(-c3ccc(OC)c(OC)c3)n2n1. The minimum Gasteiger partial charge on any atom is -0.493 e. The zero-order valence-electron chi connectivity index (χ0n) is 13.9. The number of rotatable bonds is 7. The summed E-state index contributed by atoms with van der Waals surface area (Å²) in [5.41, 5.74) is 2.60. The molecule has 0 fully saturated rings. The molecule has 1 N–H and O–H groups in total. The summed E-state index contributed by atoms with van der Waals surface area (Å²) in [6, 6.07) is 9.56. The monoisotopic (exact) mass is 328 g/mol. The van der Waals surface area contributed by atoms with E-state index in [1.165, 1.54) is 0 Å². The van der Waals surface area contributed by atoms with Gasteiger partial charge in [-0.25, -0.2) is 9.50 Å². The lowest BCUT2D eigenvalue weighted by molar-refractivity contribution is 0.210. The van der Waals surface area contributed by atoms with E-state index in [4.69, 9.17) is 14.2 Å². The molecular formula is C17H20N4O3. The molecule has 1 aromatic carbocycles. The van der Waals surface area contributed by atoms with Gasteiger partial charge in [0.2, 0.25) is 0 Å². The average Bonchev–Trinajstić information content (AvgIpc) is 3.04. The van der Waals surface area contributed by atoms with Crippen LogP contribution in [0.15, 0.2) is 36.5 Å². The predicted octanol–water partition coefficient (Wildman–Crippen LogP) is 2.47. The van der Waals surface area contributed by atoms with Crippen molar-refractivity contribution in [1.82, 2.24) is 14.6 Å². The Hall–Kier alpha value is -2.80. The highest BCUT2D eigenvalue weighted by atomic mass is 16.5. The number of hydrogen-bond acceptors (Lipinski definition) is 6. The summed E-state index contributed by atoms with van der Waals surface area (Å²) in [5, 5.41) is 7.81. The zero-order chi connectivity index (χ0) is 16.9. The van der Waals surface area contributed by atoms with Gasteiger partial charge in [0.15, 0.2) is 17.1 Å². The van der Waals surface area contributed by atoms with Crippen LogP contribution in [-0.2, 0) is 4.74 Å². The van der Waals surface area contributed by atoms with E-state index in [0.29, 0.717) is 24.7 Å². The minimum atomic E-state index is 0.617. The fourth-order valence-corrected chi connectivity index (χ4v) is 2.44. The first-order valence-corrected chi connectivity index (χ1v) is 7.57. The molecule has 0 unspecified atom stereocenters. The van der Waals surface area contributed by atoms with Crippen molar-refractivity contribution in [2.45, 2.75) is 0 Å². The summed E-state index contributed by atoms with van der Waals surface area (Å²) in [4.78, 5) is 4.41. The molecule has 126 valence electrons. The summed E-state index contributed by atoms with van der Waals surface area (Å²) in [6.45, 7) is 1.31. The van der Waals surface area contributed by atoms with Crippen molar-refractivity contribution >= 4 is 11.5 Å². The summed E-state index contributed by atoms with van der Waals surface area (Å²) < 4.78 is 17.5. The van der Waals surface area contributed by atoms with Crippen molar-refractivity contribution in [3.8, 4) is 22.8 Å². The molecule has 0 aliphatic heterocycles. The first-order chi connectivity index (χ1) is 11.8. The first-order valence-electron chi connectivity index (χ1n) is 7.57. The molecule has 2 heterocycles. The Morgan fingerprint density at radius 2 is 1.88 bits per heavy atom. The smallest absolute Gasteiger partial charge is 0.161 e. The van der Waals surface area contributed by atoms with Crippen LogP contribution in [0.5, 0.6) is 11.5 Å². The van der Waals surface area contributed by atoms with E-state index in [1.54, 1.807) is 32.0 Å². The van der Waals surface area contributed by atoms with Crippen molar-refractivity contribution in [3.63, 3.8) is 0 Å². The van der Waals surface area contributed by atoms with Crippen LogP contribution in [0.25, 0.3) is 16.9 Å². The number of fused-ring (bicyclic) bond motifs is 1. The van der Waals surface area contributed by atoms with Crippen LogP contribution in [0.2, 0.25) is 0 Å². The van der Waals surface area contributed by atoms with Crippen molar-refractivity contribution in [1.29, 1.82) is 0 Å². The van der Waals surface area contributed by atoms with Gasteiger partial charge in [-0.1, -0.05) is 0 Å². The molecule has 0 atom stereocenters. The highest BCUT2D eigenvalue weighted by Gasteiger charge is 2.11. The highest BCUT2D eigenvalue weighted by molar-refractivity contribution is 5.67. The number of nitrogens with zero attached hydrogens (tertiary/aromatic N) is 3. The quantitative estimate of drug-likeness (QED) is 0.672. The number of aromatic nitrogens is 3. The van der Waals surface area contributed by atoms with Gasteiger partial charge in [-0.2, -0.15) is 0 Å². The molecule has 0 spiro atoms. The summed E-state index contributed by atoms with van der Waals surface area (Å²) in [7, 11) is 4.90. The Kier molecular flexibility index (Phi) is 4.81. The Balaban J connectivity index is 1.98. The van der Waals surface area contributed by atoms with E-state index in [1.807, 2.05) is 30.3 Å². The largest absolute Gasteiger partial charge is 0.493 e. The van der Waals surface area contributed by atoms with E-state index in [0.717, 1.165) is 22.7 Å². The van der Waals surface area contributed by atoms with Gasteiger partial charge in [-0.15, -0.1) is 5.10 Å². The lowest BCUT2D eigenvalue weighted by Gasteiger charge is -2.10. The van der Waals surface area contributed by atoms with E-state index >= 15 is 0 Å². The molecule has 0 radical (unpaired) electrons. The summed E-state index contributed by atoms with van der Waals surface area (Å²) in [6.07, 6.45) is 1.79. The Bertz CT molecular complexity index is 832. The first kappa shape index (κ1) is 16.1. The van der Waals surface area contributed by atoms with Crippen LogP contribution in [0.3, 0.4) is 0 Å². The van der Waals surface area contributed by atoms with Crippen LogP contribution in [0.4, 0.5) is 5.82 Å². The maximum absolute atomic E-state index is 5.37. The van der Waals surface area contributed by atoms with Crippen LogP contribution >= 0.6 is 0 Å². The third kappa shape index (κ3) is 3.11. The molecule has 2 aromatic heterocycles. The standard InChI is InChI=1S/C17H20N4O3/c1-22-9-8-18-16-6-7-17-19-11-13(21(17)20-16)12-4-5-14(23-2)15(10-12)24-3/h4-7,10-11H,8-9H2,1-3H3,(H,18,20). The molecule has 0 amide bonds. The van der Waals surface area contributed by atoms with Gasteiger partial charge in [0.05, 0.1) is 32.7 Å². The Morgan fingerprint density at radius 3 is 2.62 bits per heavy atom. The van der Waals surface area contributed by atoms with Gasteiger partial charge in [0.25, 0.3) is 0 Å². The lowest BCUT2D eigenvalue weighted by Crippen LogP contribution is -2.10. The second-order valence-corrected chi connectivity index (χ2v) is 5.12. The number of benzene rings is 1. The zero-order valence-corrected chi connectivity index (χ0v) is 13.9. The summed E-state index contributed by atoms with van der Waals surface area (Å²) >= 11 is 0. The number of hydrogen-bond donors (Lipinski definition) is 1. The topological polar surface area (TPSA) is 69.9 Å². The average molecular weight is 328 g/mol. The number of nitrogens with one attached hydrogen (secondary N) is 1. The fourth-order valence-electron chi connectivity index (χ4n) is 2.44. The molecule has 0 aliphatic rings. The van der Waals surface area contributed by atoms with Crippen LogP contribution in [0.1, 0.15) is 0 Å². The van der Waals surface area contributed by atoms with E-state index in [2.05, 4.69) is 15.4 Å². The minimum absolute atomic E-state index is 0.617. The molecule has 3 rings (SSSR count). The van der Waals surface area contributed by atoms with Crippen molar-refractivity contribution in [2.75, 3.05) is 39.8 Å². The maximum Gasteiger partial charge on any atom is 0.161 e. The van der Waals surface area contributed by atoms with E-state index < -0.39 is 0 Å². The van der Waals surface area contributed by atoms with Crippen LogP contribution in [-0.4, -0.2) is 49.1 Å². The lowest BCUT2D eigenvalue weighted by atomic mass is 10.1. The maximum atomic E-state index is 5.37. The molecular weight excluding hydrogens is 308 g/mol. The Morgan fingerprint density at radius 1 is 1.04 bits per heavy atom. The van der Waals surface area contributed by atoms with Gasteiger partial charge in [0, 0.05) is 19.2 Å². The second kappa shape index (κ2) is 7.18. The molecule has 3 aromatic rings. The van der Waals surface area contributed by atoms with Crippen LogP contribution < -0.4 is 14.8 Å². The molecule has 24 heavy (non-hydrogen) atoms. The highest BCUT2D eigenvalue weighted by Crippen LogP contribution is 2.32. The molecule has 0 saturated heterocycles.